The molecule has 2 heterocycles. The zero-order valence-corrected chi connectivity index (χ0v) is 24.3. The Kier molecular flexibility index (Phi) is 3.80. The van der Waals surface area contributed by atoms with Crippen LogP contribution in [0.1, 0.15) is 53.8 Å². The second-order valence-electron chi connectivity index (χ2n) is 9.30. The van der Waals surface area contributed by atoms with Crippen molar-refractivity contribution in [1.29, 1.82) is 0 Å². The Morgan fingerprint density at radius 2 is 1.73 bits per heavy atom. The van der Waals surface area contributed by atoms with Gasteiger partial charge in [0.1, 0.15) is 0 Å². The minimum Gasteiger partial charge on any atom is -0.311 e. The molecule has 30 heavy (non-hydrogen) atoms. The van der Waals surface area contributed by atoms with Crippen molar-refractivity contribution in [2.24, 2.45) is 16.7 Å². The summed E-state index contributed by atoms with van der Waals surface area (Å²) in [4.78, 5) is 39.6. The molecular formula is C21H23N2O5RfS-. The van der Waals surface area contributed by atoms with Crippen LogP contribution in [0.5, 0.6) is 0 Å². The van der Waals surface area contributed by atoms with Gasteiger partial charge in [-0.3, -0.25) is 19.3 Å². The first kappa shape index (κ1) is 20.1. The van der Waals surface area contributed by atoms with Crippen LogP contribution in [0, 0.1) is 23.7 Å². The van der Waals surface area contributed by atoms with Gasteiger partial charge in [-0.1, -0.05) is 26.0 Å². The number of carbonyl (C=O) groups is 3. The number of hydrogen-bond acceptors (Lipinski definition) is 5. The van der Waals surface area contributed by atoms with Gasteiger partial charge in [0.15, 0.2) is 0 Å². The Hall–Kier alpha value is -3.22. The molecule has 4 aliphatic rings. The van der Waals surface area contributed by atoms with Crippen LogP contribution in [0.15, 0.2) is 24.3 Å². The molecular weight excluding hydrogens is 659 g/mol. The standard InChI is InChI=1S/C21H23N2O5S.Rf/c1-12(22-18(25)14-6-4-5-7-15(14)19(22)26)17(24)23-16-10-13-8-9-21(16,20(13,2)3)11-29(23,27)28;/h4-7,12-13,16H,1,8-11H2,2-3H3;/q-1;/t12-,13?,16+,21+;/m1./s1. The summed E-state index contributed by atoms with van der Waals surface area (Å²) in [5.74, 6) is -1.71. The first-order valence-corrected chi connectivity index (χ1v) is 11.5. The van der Waals surface area contributed by atoms with Gasteiger partial charge in [0, 0.05) is 5.41 Å². The van der Waals surface area contributed by atoms with Gasteiger partial charge < -0.3 is 6.92 Å². The molecule has 9 heteroatoms. The zero-order valence-electron chi connectivity index (χ0n) is 17.1. The molecule has 2 bridgehead atoms. The summed E-state index contributed by atoms with van der Waals surface area (Å²) in [5.41, 5.74) is -0.221. The minimum absolute atomic E-state index is 0. The van der Waals surface area contributed by atoms with Crippen LogP contribution in [0.3, 0.4) is 0 Å². The summed E-state index contributed by atoms with van der Waals surface area (Å²) in [6.45, 7) is 7.95. The third-order valence-corrected chi connectivity index (χ3v) is 9.96. The molecule has 3 amide bonds. The van der Waals surface area contributed by atoms with Gasteiger partial charge in [-0.05, 0) is 48.8 Å². The van der Waals surface area contributed by atoms with E-state index in [0.29, 0.717) is 12.3 Å². The van der Waals surface area contributed by atoms with Gasteiger partial charge in [-0.25, -0.2) is 12.7 Å². The third-order valence-electron chi connectivity index (χ3n) is 8.05. The van der Waals surface area contributed by atoms with E-state index in [1.54, 1.807) is 12.1 Å². The van der Waals surface area contributed by atoms with Crippen LogP contribution in [0.4, 0.5) is 0 Å². The monoisotopic (exact) mass is 682 g/mol. The van der Waals surface area contributed by atoms with Crippen molar-refractivity contribution in [2.45, 2.75) is 45.2 Å². The van der Waals surface area contributed by atoms with Crippen molar-refractivity contribution in [3.8, 4) is 0 Å². The van der Waals surface area contributed by atoms with Crippen molar-refractivity contribution < 1.29 is 22.8 Å². The summed E-state index contributed by atoms with van der Waals surface area (Å²) in [6, 6.07) is 4.47. The van der Waals surface area contributed by atoms with E-state index in [9.17, 15) is 22.8 Å². The zero-order chi connectivity index (χ0) is 20.9. The summed E-state index contributed by atoms with van der Waals surface area (Å²) < 4.78 is 27.1. The molecule has 7 nitrogen and oxygen atoms in total. The second kappa shape index (κ2) is 5.68. The molecule has 2 aliphatic carbocycles. The maximum absolute atomic E-state index is 13.4. The topological polar surface area (TPSA) is 91.8 Å². The molecule has 0 N–H and O–H groups in total. The van der Waals surface area contributed by atoms with E-state index >= 15 is 0 Å². The number of imide groups is 1. The van der Waals surface area contributed by atoms with E-state index in [1.807, 2.05) is 0 Å². The number of sulfonamides is 1. The summed E-state index contributed by atoms with van der Waals surface area (Å²) >= 11 is 0. The Morgan fingerprint density at radius 3 is 2.27 bits per heavy atom. The van der Waals surface area contributed by atoms with Gasteiger partial charge in [-0.2, -0.15) is 0 Å². The molecule has 4 atom stereocenters. The van der Waals surface area contributed by atoms with Crippen molar-refractivity contribution in [2.75, 3.05) is 5.75 Å². The SMILES string of the molecule is [CH2-][C@H](C(=O)N1[C@H]2CC3CC[C@@]2(CS1(=O)=O)C3(C)C)N1C(=O)c2ccccc2C1=O.[Rf]. The number of rotatable bonds is 2. The predicted molar refractivity (Wildman–Crippen MR) is 104 cm³/mol. The Morgan fingerprint density at radius 1 is 1.17 bits per heavy atom. The predicted octanol–water partition coefficient (Wildman–Crippen LogP) is 1.85. The van der Waals surface area contributed by atoms with E-state index in [1.165, 1.54) is 12.1 Å². The molecule has 1 spiro atoms. The number of amides is 3. The fourth-order valence-electron chi connectivity index (χ4n) is 6.33. The summed E-state index contributed by atoms with van der Waals surface area (Å²) in [7, 11) is -3.84. The Balaban J connectivity index is 0.00000218. The number of benzene rings is 1. The van der Waals surface area contributed by atoms with Crippen LogP contribution < -0.4 is 0 Å². The fraction of sp³-hybridized carbons (Fsp3) is 0.524. The summed E-state index contributed by atoms with van der Waals surface area (Å²) in [5, 5.41) is 0. The third kappa shape index (κ3) is 2.04. The molecule has 5 rings (SSSR count). The van der Waals surface area contributed by atoms with Gasteiger partial charge in [0.05, 0.1) is 22.9 Å². The summed E-state index contributed by atoms with van der Waals surface area (Å²) in [6.07, 6.45) is 2.37. The van der Waals surface area contributed by atoms with Crippen molar-refractivity contribution in [1.82, 2.24) is 9.21 Å². The molecule has 0 radical (unpaired) electrons. The van der Waals surface area contributed by atoms with Crippen molar-refractivity contribution >= 4 is 27.7 Å². The fourth-order valence-corrected chi connectivity index (χ4v) is 8.90. The normalized spacial score (nSPS) is 33.3. The van der Waals surface area contributed by atoms with Crippen molar-refractivity contribution in [3.05, 3.63) is 42.3 Å². The molecule has 0 aromatic heterocycles. The molecule has 1 aromatic carbocycles. The van der Waals surface area contributed by atoms with Gasteiger partial charge in [0.2, 0.25) is 15.9 Å². The number of hydrogen-bond donors (Lipinski definition) is 0. The van der Waals surface area contributed by atoms with Gasteiger partial charge in [0.25, 0.3) is 11.8 Å². The van der Waals surface area contributed by atoms with Crippen LogP contribution >= 0.6 is 0 Å². The van der Waals surface area contributed by atoms with Crippen LogP contribution in [-0.4, -0.2) is 53.2 Å². The van der Waals surface area contributed by atoms with E-state index in [-0.39, 0.29) is 22.3 Å². The smallest absolute Gasteiger partial charge is 0.259 e. The first-order chi connectivity index (χ1) is 13.5. The van der Waals surface area contributed by atoms with E-state index in [2.05, 4.69) is 20.8 Å². The molecule has 3 fully saturated rings. The van der Waals surface area contributed by atoms with E-state index < -0.39 is 45.2 Å². The number of fused-ring (bicyclic) bond motifs is 2. The molecule has 1 aromatic rings. The minimum atomic E-state index is -3.84. The van der Waals surface area contributed by atoms with E-state index in [0.717, 1.165) is 22.0 Å². The Bertz CT molecular complexity index is 1050. The number of carbonyl (C=O) groups excluding carboxylic acids is 3. The number of nitrogens with zero attached hydrogens (tertiary/aromatic N) is 2. The van der Waals surface area contributed by atoms with Crippen molar-refractivity contribution in [3.63, 3.8) is 0 Å². The second-order valence-corrected chi connectivity index (χ2v) is 11.1. The molecule has 1 unspecified atom stereocenters. The largest absolute Gasteiger partial charge is 0.311 e. The van der Waals surface area contributed by atoms with Gasteiger partial charge in [-0.15, -0.1) is 0 Å². The quantitative estimate of drug-likeness (QED) is 0.351. The van der Waals surface area contributed by atoms with Crippen LogP contribution in [0.2, 0.25) is 0 Å². The van der Waals surface area contributed by atoms with Crippen LogP contribution in [0.25, 0.3) is 0 Å². The molecule has 2 saturated carbocycles. The average molecular weight is 682 g/mol. The molecule has 1 saturated heterocycles. The van der Waals surface area contributed by atoms with E-state index in [4.69, 9.17) is 0 Å². The maximum Gasteiger partial charge on any atom is 0.259 e. The molecule has 2 aliphatic heterocycles. The molecule has 156 valence electrons. The Labute approximate surface area is 170 Å². The first-order valence-electron chi connectivity index (χ1n) is 9.89. The van der Waals surface area contributed by atoms with Gasteiger partial charge >= 0.3 is 0 Å². The maximum atomic E-state index is 13.4. The average Bonchev–Trinajstić information content (AvgIpc) is 3.23. The van der Waals surface area contributed by atoms with Crippen LogP contribution in [-0.2, 0) is 14.8 Å².